The molecule has 0 aliphatic heterocycles. The highest BCUT2D eigenvalue weighted by Gasteiger charge is 1.96. The number of fused-ring (bicyclic) bond motifs is 1. The van der Waals surface area contributed by atoms with Crippen molar-refractivity contribution in [3.8, 4) is 0 Å². The number of benzene rings is 1. The van der Waals surface area contributed by atoms with Gasteiger partial charge in [0.15, 0.2) is 0 Å². The fourth-order valence-electron chi connectivity index (χ4n) is 1.21. The summed E-state index contributed by atoms with van der Waals surface area (Å²) in [6, 6.07) is 8.01. The first-order chi connectivity index (χ1) is 5.90. The fourth-order valence-corrected chi connectivity index (χ4v) is 1.21. The maximum Gasteiger partial charge on any atom is 0.130 e. The van der Waals surface area contributed by atoms with Gasteiger partial charge in [0.05, 0.1) is 11.0 Å². The lowest BCUT2D eigenvalue weighted by Gasteiger charge is -1.81. The predicted molar refractivity (Wildman–Crippen MR) is 50.8 cm³/mol. The van der Waals surface area contributed by atoms with Gasteiger partial charge in [-0.3, -0.25) is 0 Å². The summed E-state index contributed by atoms with van der Waals surface area (Å²) in [7, 11) is 0. The molecule has 1 heterocycles. The number of hydrogen-bond acceptors (Lipinski definition) is 1. The highest BCUT2D eigenvalue weighted by atomic mass is 14.9. The van der Waals surface area contributed by atoms with Crippen molar-refractivity contribution in [3.05, 3.63) is 36.2 Å². The molecule has 0 atom stereocenters. The fraction of sp³-hybridized carbons (Fsp3) is 0.100. The zero-order chi connectivity index (χ0) is 8.39. The Labute approximate surface area is 70.9 Å². The molecule has 0 bridgehead atoms. The first-order valence-electron chi connectivity index (χ1n) is 3.97. The summed E-state index contributed by atoms with van der Waals surface area (Å²) in [5, 5.41) is 0. The smallest absolute Gasteiger partial charge is 0.130 e. The van der Waals surface area contributed by atoms with E-state index in [2.05, 4.69) is 9.97 Å². The monoisotopic (exact) mass is 158 g/mol. The minimum absolute atomic E-state index is 0.915. The topological polar surface area (TPSA) is 28.7 Å². The quantitative estimate of drug-likeness (QED) is 0.679. The molecule has 2 heteroatoms. The van der Waals surface area contributed by atoms with Crippen molar-refractivity contribution in [2.75, 3.05) is 0 Å². The molecule has 1 aromatic carbocycles. The predicted octanol–water partition coefficient (Wildman–Crippen LogP) is 2.60. The Hall–Kier alpha value is -1.57. The van der Waals surface area contributed by atoms with Gasteiger partial charge in [0, 0.05) is 0 Å². The average Bonchev–Trinajstić information content (AvgIpc) is 2.47. The van der Waals surface area contributed by atoms with Crippen molar-refractivity contribution in [2.24, 2.45) is 0 Å². The van der Waals surface area contributed by atoms with Crippen molar-refractivity contribution in [1.82, 2.24) is 9.97 Å². The number of hydrogen-bond donors (Lipinski definition) is 1. The number of para-hydroxylation sites is 2. The lowest BCUT2D eigenvalue weighted by Crippen LogP contribution is -1.70. The van der Waals surface area contributed by atoms with Gasteiger partial charge >= 0.3 is 0 Å². The van der Waals surface area contributed by atoms with Crippen molar-refractivity contribution >= 4 is 17.1 Å². The van der Waals surface area contributed by atoms with Crippen LogP contribution in [0.1, 0.15) is 12.7 Å². The minimum Gasteiger partial charge on any atom is -0.338 e. The molecular formula is C10H10N2. The molecule has 0 spiro atoms. The van der Waals surface area contributed by atoms with E-state index in [0.29, 0.717) is 0 Å². The van der Waals surface area contributed by atoms with E-state index in [4.69, 9.17) is 0 Å². The Kier molecular flexibility index (Phi) is 1.67. The van der Waals surface area contributed by atoms with E-state index in [9.17, 15) is 0 Å². The van der Waals surface area contributed by atoms with E-state index in [1.165, 1.54) is 0 Å². The van der Waals surface area contributed by atoms with Gasteiger partial charge in [-0.15, -0.1) is 0 Å². The third-order valence-corrected chi connectivity index (χ3v) is 1.73. The number of nitrogens with one attached hydrogen (secondary N) is 1. The molecule has 0 aliphatic carbocycles. The molecule has 1 N–H and O–H groups in total. The summed E-state index contributed by atoms with van der Waals surface area (Å²) in [5.41, 5.74) is 2.11. The van der Waals surface area contributed by atoms with Crippen molar-refractivity contribution in [2.45, 2.75) is 6.92 Å². The first kappa shape index (κ1) is 7.10. The van der Waals surface area contributed by atoms with E-state index in [1.54, 1.807) is 0 Å². The number of rotatable bonds is 1. The molecule has 0 fully saturated rings. The van der Waals surface area contributed by atoms with Crippen LogP contribution in [-0.2, 0) is 0 Å². The largest absolute Gasteiger partial charge is 0.338 e. The molecule has 0 saturated carbocycles. The summed E-state index contributed by atoms with van der Waals surface area (Å²) < 4.78 is 0. The van der Waals surface area contributed by atoms with E-state index >= 15 is 0 Å². The van der Waals surface area contributed by atoms with Gasteiger partial charge in [0.1, 0.15) is 5.82 Å². The van der Waals surface area contributed by atoms with Crippen LogP contribution in [0.15, 0.2) is 30.3 Å². The molecule has 2 aromatic rings. The van der Waals surface area contributed by atoms with Crippen LogP contribution in [0.3, 0.4) is 0 Å². The van der Waals surface area contributed by atoms with Crippen LogP contribution < -0.4 is 0 Å². The van der Waals surface area contributed by atoms with Crippen LogP contribution in [0.5, 0.6) is 0 Å². The first-order valence-corrected chi connectivity index (χ1v) is 3.97. The van der Waals surface area contributed by atoms with Gasteiger partial charge in [-0.1, -0.05) is 18.2 Å². The second kappa shape index (κ2) is 2.81. The van der Waals surface area contributed by atoms with Gasteiger partial charge in [0.2, 0.25) is 0 Å². The number of allylic oxidation sites excluding steroid dienone is 1. The molecule has 0 radical (unpaired) electrons. The van der Waals surface area contributed by atoms with Crippen molar-refractivity contribution in [3.63, 3.8) is 0 Å². The Morgan fingerprint density at radius 3 is 2.92 bits per heavy atom. The number of H-pyrrole nitrogens is 1. The average molecular weight is 158 g/mol. The number of aromatic nitrogens is 2. The Morgan fingerprint density at radius 1 is 1.33 bits per heavy atom. The third kappa shape index (κ3) is 1.11. The van der Waals surface area contributed by atoms with E-state index in [-0.39, 0.29) is 0 Å². The van der Waals surface area contributed by atoms with Crippen LogP contribution in [0.2, 0.25) is 0 Å². The molecule has 0 aliphatic rings. The molecule has 1 aromatic heterocycles. The van der Waals surface area contributed by atoms with Gasteiger partial charge < -0.3 is 4.98 Å². The maximum atomic E-state index is 4.36. The van der Waals surface area contributed by atoms with E-state index in [0.717, 1.165) is 16.9 Å². The maximum absolute atomic E-state index is 4.36. The summed E-state index contributed by atoms with van der Waals surface area (Å²) >= 11 is 0. The number of aromatic amines is 1. The van der Waals surface area contributed by atoms with Gasteiger partial charge in [-0.2, -0.15) is 0 Å². The second-order valence-electron chi connectivity index (χ2n) is 2.64. The molecule has 2 rings (SSSR count). The van der Waals surface area contributed by atoms with Crippen LogP contribution in [0, 0.1) is 0 Å². The zero-order valence-corrected chi connectivity index (χ0v) is 6.91. The van der Waals surface area contributed by atoms with Crippen molar-refractivity contribution < 1.29 is 0 Å². The SMILES string of the molecule is C/C=C\c1nc2ccccc2[nH]1. The molecule has 12 heavy (non-hydrogen) atoms. The molecule has 2 nitrogen and oxygen atoms in total. The third-order valence-electron chi connectivity index (χ3n) is 1.73. The van der Waals surface area contributed by atoms with E-state index in [1.807, 2.05) is 43.3 Å². The molecule has 60 valence electrons. The molecule has 0 unspecified atom stereocenters. The summed E-state index contributed by atoms with van der Waals surface area (Å²) in [6.07, 6.45) is 3.93. The summed E-state index contributed by atoms with van der Waals surface area (Å²) in [5.74, 6) is 0.915. The van der Waals surface area contributed by atoms with Crippen LogP contribution in [0.25, 0.3) is 17.1 Å². The van der Waals surface area contributed by atoms with Gasteiger partial charge in [-0.05, 0) is 25.1 Å². The Balaban J connectivity index is 2.62. The minimum atomic E-state index is 0.915. The summed E-state index contributed by atoms with van der Waals surface area (Å²) in [6.45, 7) is 1.98. The lowest BCUT2D eigenvalue weighted by atomic mass is 10.3. The van der Waals surface area contributed by atoms with Crippen molar-refractivity contribution in [1.29, 1.82) is 0 Å². The Bertz CT molecular complexity index is 379. The lowest BCUT2D eigenvalue weighted by molar-refractivity contribution is 1.29. The van der Waals surface area contributed by atoms with Gasteiger partial charge in [-0.25, -0.2) is 4.98 Å². The highest BCUT2D eigenvalue weighted by molar-refractivity contribution is 5.76. The normalized spacial score (nSPS) is 11.4. The summed E-state index contributed by atoms with van der Waals surface area (Å²) in [4.78, 5) is 7.56. The molecular weight excluding hydrogens is 148 g/mol. The zero-order valence-electron chi connectivity index (χ0n) is 6.91. The van der Waals surface area contributed by atoms with Crippen LogP contribution in [0.4, 0.5) is 0 Å². The number of imidazole rings is 1. The second-order valence-corrected chi connectivity index (χ2v) is 2.64. The standard InChI is InChI=1S/C10H10N2/c1-2-5-10-11-8-6-3-4-7-9(8)12-10/h2-7H,1H3,(H,11,12)/b5-2-. The van der Waals surface area contributed by atoms with E-state index < -0.39 is 0 Å². The van der Waals surface area contributed by atoms with Gasteiger partial charge in [0.25, 0.3) is 0 Å². The number of nitrogens with zero attached hydrogens (tertiary/aromatic N) is 1. The van der Waals surface area contributed by atoms with Crippen LogP contribution >= 0.6 is 0 Å². The molecule has 0 saturated heterocycles. The Morgan fingerprint density at radius 2 is 2.17 bits per heavy atom. The van der Waals surface area contributed by atoms with Crippen LogP contribution in [-0.4, -0.2) is 9.97 Å². The molecule has 0 amide bonds. The highest BCUT2D eigenvalue weighted by Crippen LogP contribution is 2.10.